The first-order valence-electron chi connectivity index (χ1n) is 7.91. The Bertz CT molecular complexity index is 344. The lowest BCUT2D eigenvalue weighted by atomic mass is 9.78. The molecule has 0 aromatic heterocycles. The lowest BCUT2D eigenvalue weighted by molar-refractivity contribution is -0.143. The molecule has 0 radical (unpaired) electrons. The van der Waals surface area contributed by atoms with Crippen LogP contribution in [0.15, 0.2) is 24.8 Å². The molecule has 0 atom stereocenters. The molecule has 0 fully saturated rings. The van der Waals surface area contributed by atoms with Gasteiger partial charge in [-0.25, -0.2) is 0 Å². The Morgan fingerprint density at radius 2 is 1.57 bits per heavy atom. The van der Waals surface area contributed by atoms with Crippen LogP contribution in [0.4, 0.5) is 0 Å². The second-order valence-electron chi connectivity index (χ2n) is 5.11. The van der Waals surface area contributed by atoms with Crippen LogP contribution in [0.5, 0.6) is 0 Å². The maximum Gasteiger partial charge on any atom is 0.236 e. The van der Waals surface area contributed by atoms with Gasteiger partial charge in [-0.15, -0.1) is 6.58 Å². The first-order valence-corrected chi connectivity index (χ1v) is 7.91. The van der Waals surface area contributed by atoms with Crippen LogP contribution in [-0.4, -0.2) is 24.9 Å². The Balaban J connectivity index is 5.16. The Morgan fingerprint density at radius 3 is 2.00 bits per heavy atom. The van der Waals surface area contributed by atoms with E-state index in [2.05, 4.69) is 30.2 Å². The molecule has 2 amide bonds. The minimum atomic E-state index is -1.09. The van der Waals surface area contributed by atoms with Gasteiger partial charge in [0.1, 0.15) is 5.41 Å². The average Bonchev–Trinajstić information content (AvgIpc) is 2.46. The van der Waals surface area contributed by atoms with Gasteiger partial charge in [-0.3, -0.25) is 9.59 Å². The summed E-state index contributed by atoms with van der Waals surface area (Å²) in [6.07, 6.45) is 9.62. The van der Waals surface area contributed by atoms with E-state index < -0.39 is 5.41 Å². The van der Waals surface area contributed by atoms with Gasteiger partial charge in [0.15, 0.2) is 0 Å². The van der Waals surface area contributed by atoms with Crippen LogP contribution in [0.1, 0.15) is 52.9 Å². The highest BCUT2D eigenvalue weighted by molar-refractivity contribution is 6.05. The average molecular weight is 294 g/mol. The summed E-state index contributed by atoms with van der Waals surface area (Å²) in [5, 5.41) is 5.56. The van der Waals surface area contributed by atoms with E-state index in [1.165, 1.54) is 0 Å². The SMILES string of the molecule is C=CCC(C/C=C/CCCC)(C(=O)NCC)C(=O)NCC. The summed E-state index contributed by atoms with van der Waals surface area (Å²) in [4.78, 5) is 24.9. The molecule has 120 valence electrons. The monoisotopic (exact) mass is 294 g/mol. The first-order chi connectivity index (χ1) is 10.1. The zero-order chi connectivity index (χ0) is 16.1. The Morgan fingerprint density at radius 1 is 1.00 bits per heavy atom. The molecule has 0 spiro atoms. The Hall–Kier alpha value is -1.58. The second kappa shape index (κ2) is 11.1. The number of unbranched alkanes of at least 4 members (excludes halogenated alkanes) is 2. The quantitative estimate of drug-likeness (QED) is 0.350. The summed E-state index contributed by atoms with van der Waals surface area (Å²) in [5.41, 5.74) is -1.09. The smallest absolute Gasteiger partial charge is 0.236 e. The first kappa shape index (κ1) is 19.4. The number of rotatable bonds is 11. The predicted molar refractivity (Wildman–Crippen MR) is 87.9 cm³/mol. The fraction of sp³-hybridized carbons (Fsp3) is 0.647. The molecule has 4 heteroatoms. The minimum absolute atomic E-state index is 0.226. The van der Waals surface area contributed by atoms with Crippen molar-refractivity contribution in [3.8, 4) is 0 Å². The molecule has 0 aliphatic carbocycles. The van der Waals surface area contributed by atoms with Crippen molar-refractivity contribution >= 4 is 11.8 Å². The largest absolute Gasteiger partial charge is 0.355 e. The summed E-state index contributed by atoms with van der Waals surface area (Å²) in [6, 6.07) is 0. The third kappa shape index (κ3) is 6.15. The van der Waals surface area contributed by atoms with Crippen LogP contribution in [0.25, 0.3) is 0 Å². The topological polar surface area (TPSA) is 58.2 Å². The number of amides is 2. The molecular formula is C17H30N2O2. The number of hydrogen-bond acceptors (Lipinski definition) is 2. The van der Waals surface area contributed by atoms with Gasteiger partial charge in [0.05, 0.1) is 0 Å². The predicted octanol–water partition coefficient (Wildman–Crippen LogP) is 2.96. The Labute approximate surface area is 129 Å². The number of carbonyl (C=O) groups excluding carboxylic acids is 2. The molecule has 0 saturated heterocycles. The van der Waals surface area contributed by atoms with Crippen LogP contribution in [0, 0.1) is 5.41 Å². The third-order valence-electron chi connectivity index (χ3n) is 3.39. The van der Waals surface area contributed by atoms with Gasteiger partial charge in [0.2, 0.25) is 11.8 Å². The molecule has 0 aromatic rings. The number of nitrogens with one attached hydrogen (secondary N) is 2. The van der Waals surface area contributed by atoms with E-state index in [4.69, 9.17) is 0 Å². The fourth-order valence-electron chi connectivity index (χ4n) is 2.19. The van der Waals surface area contributed by atoms with Crippen LogP contribution in [0.3, 0.4) is 0 Å². The van der Waals surface area contributed by atoms with E-state index in [-0.39, 0.29) is 11.8 Å². The molecule has 0 bridgehead atoms. The van der Waals surface area contributed by atoms with Crippen LogP contribution < -0.4 is 10.6 Å². The Kier molecular flexibility index (Phi) is 10.3. The zero-order valence-corrected chi connectivity index (χ0v) is 13.7. The van der Waals surface area contributed by atoms with Crippen LogP contribution in [0.2, 0.25) is 0 Å². The van der Waals surface area contributed by atoms with Crippen molar-refractivity contribution in [2.75, 3.05) is 13.1 Å². The van der Waals surface area contributed by atoms with Crippen molar-refractivity contribution < 1.29 is 9.59 Å². The van der Waals surface area contributed by atoms with Gasteiger partial charge in [0, 0.05) is 13.1 Å². The highest BCUT2D eigenvalue weighted by Gasteiger charge is 2.43. The number of allylic oxidation sites excluding steroid dienone is 3. The molecule has 0 unspecified atom stereocenters. The van der Waals surface area contributed by atoms with E-state index in [0.29, 0.717) is 25.9 Å². The van der Waals surface area contributed by atoms with Crippen molar-refractivity contribution in [2.45, 2.75) is 52.9 Å². The third-order valence-corrected chi connectivity index (χ3v) is 3.39. The molecule has 0 heterocycles. The van der Waals surface area contributed by atoms with Gasteiger partial charge >= 0.3 is 0 Å². The molecule has 21 heavy (non-hydrogen) atoms. The molecule has 0 saturated carbocycles. The number of carbonyl (C=O) groups is 2. The van der Waals surface area contributed by atoms with E-state index >= 15 is 0 Å². The van der Waals surface area contributed by atoms with Gasteiger partial charge < -0.3 is 10.6 Å². The molecule has 0 aliphatic rings. The van der Waals surface area contributed by atoms with Crippen molar-refractivity contribution in [1.82, 2.24) is 10.6 Å². The summed E-state index contributed by atoms with van der Waals surface area (Å²) in [5.74, 6) is -0.452. The molecule has 0 rings (SSSR count). The fourth-order valence-corrected chi connectivity index (χ4v) is 2.19. The lowest BCUT2D eigenvalue weighted by Gasteiger charge is -2.29. The van der Waals surface area contributed by atoms with E-state index in [1.807, 2.05) is 19.9 Å². The van der Waals surface area contributed by atoms with E-state index in [9.17, 15) is 9.59 Å². The maximum absolute atomic E-state index is 12.4. The summed E-state index contributed by atoms with van der Waals surface area (Å²) in [7, 11) is 0. The van der Waals surface area contributed by atoms with E-state index in [0.717, 1.165) is 19.3 Å². The maximum atomic E-state index is 12.4. The zero-order valence-electron chi connectivity index (χ0n) is 13.7. The molecule has 4 nitrogen and oxygen atoms in total. The van der Waals surface area contributed by atoms with Crippen molar-refractivity contribution in [1.29, 1.82) is 0 Å². The summed E-state index contributed by atoms with van der Waals surface area (Å²) in [6.45, 7) is 10.6. The second-order valence-corrected chi connectivity index (χ2v) is 5.11. The highest BCUT2D eigenvalue weighted by atomic mass is 16.2. The standard InChI is InChI=1S/C17H30N2O2/c1-5-9-10-11-12-14-17(13-6-2,15(20)18-7-3)16(21)19-8-4/h6,11-12H,2,5,7-10,13-14H2,1,3-4H3,(H,18,20)(H,19,21)/b12-11+. The molecule has 0 aliphatic heterocycles. The van der Waals surface area contributed by atoms with Gasteiger partial charge in [0.25, 0.3) is 0 Å². The van der Waals surface area contributed by atoms with Crippen molar-refractivity contribution in [2.24, 2.45) is 5.41 Å². The van der Waals surface area contributed by atoms with Crippen LogP contribution in [-0.2, 0) is 9.59 Å². The summed E-state index contributed by atoms with van der Waals surface area (Å²) >= 11 is 0. The normalized spacial score (nSPS) is 11.4. The minimum Gasteiger partial charge on any atom is -0.355 e. The molecule has 0 aromatic carbocycles. The summed E-state index contributed by atoms with van der Waals surface area (Å²) < 4.78 is 0. The van der Waals surface area contributed by atoms with Crippen LogP contribution >= 0.6 is 0 Å². The van der Waals surface area contributed by atoms with Crippen molar-refractivity contribution in [3.63, 3.8) is 0 Å². The number of hydrogen-bond donors (Lipinski definition) is 2. The van der Waals surface area contributed by atoms with Gasteiger partial charge in [-0.05, 0) is 33.1 Å². The van der Waals surface area contributed by atoms with Gasteiger partial charge in [-0.2, -0.15) is 0 Å². The lowest BCUT2D eigenvalue weighted by Crippen LogP contribution is -2.51. The molecule has 2 N–H and O–H groups in total. The van der Waals surface area contributed by atoms with Crippen molar-refractivity contribution in [3.05, 3.63) is 24.8 Å². The van der Waals surface area contributed by atoms with Gasteiger partial charge in [-0.1, -0.05) is 38.0 Å². The van der Waals surface area contributed by atoms with E-state index in [1.54, 1.807) is 6.08 Å². The highest BCUT2D eigenvalue weighted by Crippen LogP contribution is 2.29. The molecular weight excluding hydrogens is 264 g/mol.